The van der Waals surface area contributed by atoms with E-state index >= 15 is 0 Å². The highest BCUT2D eigenvalue weighted by molar-refractivity contribution is 7.80. The summed E-state index contributed by atoms with van der Waals surface area (Å²) in [6, 6.07) is 18.8. The highest BCUT2D eigenvalue weighted by Gasteiger charge is 2.05. The number of nitrogens with zero attached hydrogens (tertiary/aromatic N) is 1. The average molecular weight is 319 g/mol. The molecular weight excluding hydrogens is 302 g/mol. The maximum absolute atomic E-state index is 5.14. The van der Waals surface area contributed by atoms with E-state index in [0.717, 1.165) is 5.56 Å². The number of hydrogen-bond donors (Lipinski definition) is 2. The lowest BCUT2D eigenvalue weighted by molar-refractivity contribution is 0.942. The van der Waals surface area contributed by atoms with E-state index in [9.17, 15) is 0 Å². The third kappa shape index (κ3) is 3.38. The molecule has 0 aliphatic heterocycles. The minimum absolute atomic E-state index is 0.477. The lowest BCUT2D eigenvalue weighted by Gasteiger charge is -2.08. The van der Waals surface area contributed by atoms with Gasteiger partial charge in [0.2, 0.25) is 0 Å². The van der Waals surface area contributed by atoms with E-state index in [0.29, 0.717) is 11.7 Å². The maximum atomic E-state index is 5.14. The summed E-state index contributed by atoms with van der Waals surface area (Å²) in [6.07, 6.45) is 3.57. The molecule has 3 rings (SSSR count). The second-order valence-electron chi connectivity index (χ2n) is 5.10. The third-order valence-corrected chi connectivity index (χ3v) is 3.82. The van der Waals surface area contributed by atoms with Crippen LogP contribution in [0.5, 0.6) is 0 Å². The van der Waals surface area contributed by atoms with Crippen molar-refractivity contribution in [1.29, 1.82) is 0 Å². The van der Waals surface area contributed by atoms with Crippen LogP contribution in [-0.4, -0.2) is 17.9 Å². The van der Waals surface area contributed by atoms with Crippen molar-refractivity contribution in [1.82, 2.24) is 10.7 Å². The van der Waals surface area contributed by atoms with Gasteiger partial charge in [-0.05, 0) is 39.8 Å². The van der Waals surface area contributed by atoms with Crippen molar-refractivity contribution in [2.45, 2.75) is 0 Å². The van der Waals surface area contributed by atoms with Crippen LogP contribution in [-0.2, 0) is 0 Å². The van der Waals surface area contributed by atoms with E-state index in [4.69, 9.17) is 12.2 Å². The minimum atomic E-state index is 0.477. The molecule has 3 aromatic rings. The van der Waals surface area contributed by atoms with Crippen molar-refractivity contribution < 1.29 is 0 Å². The number of nitrogens with one attached hydrogen (secondary N) is 2. The van der Waals surface area contributed by atoms with Crippen molar-refractivity contribution in [3.63, 3.8) is 0 Å². The summed E-state index contributed by atoms with van der Waals surface area (Å²) in [5.41, 5.74) is 3.92. The van der Waals surface area contributed by atoms with E-state index in [1.807, 2.05) is 30.5 Å². The Hall–Kier alpha value is -2.72. The fourth-order valence-electron chi connectivity index (χ4n) is 2.55. The van der Waals surface area contributed by atoms with Crippen LogP contribution in [0.4, 0.5) is 0 Å². The fourth-order valence-corrected chi connectivity index (χ4v) is 2.68. The van der Waals surface area contributed by atoms with Gasteiger partial charge < -0.3 is 5.32 Å². The van der Waals surface area contributed by atoms with Crippen molar-refractivity contribution in [3.05, 3.63) is 72.8 Å². The van der Waals surface area contributed by atoms with Crippen molar-refractivity contribution in [2.24, 2.45) is 5.10 Å². The van der Waals surface area contributed by atoms with Crippen LogP contribution in [0.3, 0.4) is 0 Å². The van der Waals surface area contributed by atoms with E-state index in [1.165, 1.54) is 21.5 Å². The summed E-state index contributed by atoms with van der Waals surface area (Å²) in [5, 5.41) is 12.5. The highest BCUT2D eigenvalue weighted by atomic mass is 32.1. The van der Waals surface area contributed by atoms with Gasteiger partial charge in [0.25, 0.3) is 0 Å². The lowest BCUT2D eigenvalue weighted by atomic mass is 9.97. The second kappa shape index (κ2) is 7.03. The number of fused-ring (bicyclic) bond motifs is 2. The Bertz CT molecular complexity index is 845. The lowest BCUT2D eigenvalue weighted by Crippen LogP contribution is -2.31. The zero-order valence-corrected chi connectivity index (χ0v) is 13.4. The van der Waals surface area contributed by atoms with Gasteiger partial charge in [-0.25, -0.2) is 0 Å². The standard InChI is InChI=1S/C19H17N3S/c1-2-11-20-19(23)22-21-13-18-16-9-5-3-7-14(16)12-15-8-4-6-10-17(15)18/h2-10,12-13H,1,11H2,(H2,20,22,23)/b21-13-. The summed E-state index contributed by atoms with van der Waals surface area (Å²) in [5.74, 6) is 0. The molecule has 0 aliphatic rings. The first kappa shape index (κ1) is 15.2. The number of rotatable bonds is 4. The first-order valence-electron chi connectivity index (χ1n) is 7.38. The molecular formula is C19H17N3S. The topological polar surface area (TPSA) is 36.4 Å². The van der Waals surface area contributed by atoms with Gasteiger partial charge in [0.15, 0.2) is 5.11 Å². The van der Waals surface area contributed by atoms with Crippen molar-refractivity contribution in [3.8, 4) is 0 Å². The van der Waals surface area contributed by atoms with Gasteiger partial charge >= 0.3 is 0 Å². The van der Waals surface area contributed by atoms with Crippen LogP contribution in [0.2, 0.25) is 0 Å². The van der Waals surface area contributed by atoms with Crippen LogP contribution in [0.25, 0.3) is 21.5 Å². The molecule has 4 heteroatoms. The highest BCUT2D eigenvalue weighted by Crippen LogP contribution is 2.27. The van der Waals surface area contributed by atoms with Gasteiger partial charge in [0, 0.05) is 12.1 Å². The molecule has 0 amide bonds. The van der Waals surface area contributed by atoms with Crippen LogP contribution >= 0.6 is 12.2 Å². The summed E-state index contributed by atoms with van der Waals surface area (Å²) in [4.78, 5) is 0. The monoisotopic (exact) mass is 319 g/mol. The molecule has 0 saturated heterocycles. The Labute approximate surface area is 140 Å². The van der Waals surface area contributed by atoms with Crippen molar-refractivity contribution in [2.75, 3.05) is 6.54 Å². The SMILES string of the molecule is C=CCNC(=S)N/N=C\c1c2ccccc2cc2ccccc12. The Morgan fingerprint density at radius 2 is 1.65 bits per heavy atom. The minimum Gasteiger partial charge on any atom is -0.358 e. The van der Waals surface area contributed by atoms with Gasteiger partial charge in [-0.1, -0.05) is 54.6 Å². The largest absolute Gasteiger partial charge is 0.358 e. The predicted molar refractivity (Wildman–Crippen MR) is 103 cm³/mol. The molecule has 0 radical (unpaired) electrons. The molecule has 23 heavy (non-hydrogen) atoms. The summed E-state index contributed by atoms with van der Waals surface area (Å²) in [6.45, 7) is 4.25. The van der Waals surface area contributed by atoms with Crippen LogP contribution in [0.1, 0.15) is 5.56 Å². The Balaban J connectivity index is 2.00. The summed E-state index contributed by atoms with van der Waals surface area (Å²) >= 11 is 5.14. The first-order valence-corrected chi connectivity index (χ1v) is 7.78. The molecule has 114 valence electrons. The predicted octanol–water partition coefficient (Wildman–Crippen LogP) is 3.98. The van der Waals surface area contributed by atoms with E-state index in [1.54, 1.807) is 6.08 Å². The number of hydrazone groups is 1. The quantitative estimate of drug-likeness (QED) is 0.251. The van der Waals surface area contributed by atoms with E-state index < -0.39 is 0 Å². The number of benzene rings is 3. The zero-order chi connectivity index (χ0) is 16.1. The molecule has 0 spiro atoms. The first-order chi connectivity index (χ1) is 11.3. The molecule has 2 N–H and O–H groups in total. The van der Waals surface area contributed by atoms with E-state index in [2.05, 4.69) is 52.8 Å². The molecule has 0 heterocycles. The Morgan fingerprint density at radius 3 is 2.26 bits per heavy atom. The average Bonchev–Trinajstić information content (AvgIpc) is 2.59. The smallest absolute Gasteiger partial charge is 0.187 e. The molecule has 0 atom stereocenters. The van der Waals surface area contributed by atoms with Gasteiger partial charge in [-0.2, -0.15) is 5.10 Å². The van der Waals surface area contributed by atoms with Gasteiger partial charge in [0.1, 0.15) is 0 Å². The van der Waals surface area contributed by atoms with Crippen LogP contribution in [0.15, 0.2) is 72.4 Å². The second-order valence-corrected chi connectivity index (χ2v) is 5.51. The van der Waals surface area contributed by atoms with Gasteiger partial charge in [-0.3, -0.25) is 5.43 Å². The molecule has 0 aliphatic carbocycles. The fraction of sp³-hybridized carbons (Fsp3) is 0.0526. The molecule has 0 fully saturated rings. The third-order valence-electron chi connectivity index (χ3n) is 3.58. The molecule has 3 aromatic carbocycles. The van der Waals surface area contributed by atoms with E-state index in [-0.39, 0.29) is 0 Å². The zero-order valence-electron chi connectivity index (χ0n) is 12.6. The normalized spacial score (nSPS) is 11.0. The van der Waals surface area contributed by atoms with Crippen LogP contribution < -0.4 is 10.7 Å². The number of thiocarbonyl (C=S) groups is 1. The molecule has 0 unspecified atom stereocenters. The molecule has 0 aromatic heterocycles. The summed E-state index contributed by atoms with van der Waals surface area (Å²) in [7, 11) is 0. The molecule has 0 bridgehead atoms. The van der Waals surface area contributed by atoms with Crippen molar-refractivity contribution >= 4 is 45.1 Å². The maximum Gasteiger partial charge on any atom is 0.187 e. The Morgan fingerprint density at radius 1 is 1.04 bits per heavy atom. The van der Waals surface area contributed by atoms with Gasteiger partial charge in [0.05, 0.1) is 6.21 Å². The molecule has 3 nitrogen and oxygen atoms in total. The van der Waals surface area contributed by atoms with Crippen LogP contribution in [0, 0.1) is 0 Å². The molecule has 0 saturated carbocycles. The number of hydrogen-bond acceptors (Lipinski definition) is 2. The summed E-state index contributed by atoms with van der Waals surface area (Å²) < 4.78 is 0. The Kier molecular flexibility index (Phi) is 4.64. The van der Waals surface area contributed by atoms with Gasteiger partial charge in [-0.15, -0.1) is 6.58 Å².